The minimum absolute atomic E-state index is 0.0795. The SMILES string of the molecule is CC/C=C(/F)CN=C(C)N.CC1N=C(c2ccccc2)C(C(C)C)OC1=O. The van der Waals surface area contributed by atoms with E-state index in [-0.39, 0.29) is 30.4 Å². The van der Waals surface area contributed by atoms with Crippen molar-refractivity contribution in [1.82, 2.24) is 0 Å². The van der Waals surface area contributed by atoms with Crippen molar-refractivity contribution in [2.24, 2.45) is 21.6 Å². The summed E-state index contributed by atoms with van der Waals surface area (Å²) in [5.41, 5.74) is 7.11. The molecule has 0 spiro atoms. The molecule has 1 aromatic carbocycles. The Morgan fingerprint density at radius 1 is 1.37 bits per heavy atom. The molecule has 2 unspecified atom stereocenters. The Morgan fingerprint density at radius 2 is 2.00 bits per heavy atom. The summed E-state index contributed by atoms with van der Waals surface area (Å²) in [4.78, 5) is 19.7. The third kappa shape index (κ3) is 7.72. The van der Waals surface area contributed by atoms with Crippen molar-refractivity contribution in [3.05, 3.63) is 47.8 Å². The van der Waals surface area contributed by atoms with Crippen LogP contribution in [0.2, 0.25) is 0 Å². The number of cyclic esters (lactones) is 1. The fourth-order valence-electron chi connectivity index (χ4n) is 2.40. The van der Waals surface area contributed by atoms with Gasteiger partial charge in [0.25, 0.3) is 0 Å². The lowest BCUT2D eigenvalue weighted by Gasteiger charge is -2.29. The van der Waals surface area contributed by atoms with Gasteiger partial charge in [0, 0.05) is 0 Å². The molecule has 27 heavy (non-hydrogen) atoms. The topological polar surface area (TPSA) is 77.0 Å². The molecule has 1 heterocycles. The van der Waals surface area contributed by atoms with Gasteiger partial charge in [-0.3, -0.25) is 9.98 Å². The fraction of sp³-hybridized carbons (Fsp3) is 0.476. The van der Waals surface area contributed by atoms with E-state index >= 15 is 0 Å². The van der Waals surface area contributed by atoms with Crippen LogP contribution in [-0.2, 0) is 9.53 Å². The van der Waals surface area contributed by atoms with Gasteiger partial charge in [-0.2, -0.15) is 0 Å². The largest absolute Gasteiger partial charge is 0.454 e. The van der Waals surface area contributed by atoms with Crippen molar-refractivity contribution in [2.45, 2.75) is 53.2 Å². The zero-order chi connectivity index (χ0) is 20.4. The summed E-state index contributed by atoms with van der Waals surface area (Å²) in [5, 5.41) is 0. The van der Waals surface area contributed by atoms with Crippen LogP contribution in [0.15, 0.2) is 52.2 Å². The van der Waals surface area contributed by atoms with Gasteiger partial charge in [-0.15, -0.1) is 0 Å². The normalized spacial score (nSPS) is 20.6. The average Bonchev–Trinajstić information content (AvgIpc) is 2.63. The zero-order valence-electron chi connectivity index (χ0n) is 16.8. The highest BCUT2D eigenvalue weighted by molar-refractivity contribution is 6.07. The highest BCUT2D eigenvalue weighted by Gasteiger charge is 2.32. The van der Waals surface area contributed by atoms with Gasteiger partial charge in [0.1, 0.15) is 18.0 Å². The van der Waals surface area contributed by atoms with Gasteiger partial charge in [-0.1, -0.05) is 57.2 Å². The molecule has 0 radical (unpaired) electrons. The predicted octanol–water partition coefficient (Wildman–Crippen LogP) is 4.07. The van der Waals surface area contributed by atoms with Crippen LogP contribution in [0, 0.1) is 5.92 Å². The number of carbonyl (C=O) groups is 1. The molecule has 6 heteroatoms. The molecular formula is C21H30FN3O2. The van der Waals surface area contributed by atoms with E-state index in [0.29, 0.717) is 12.3 Å². The van der Waals surface area contributed by atoms with E-state index in [2.05, 4.69) is 9.98 Å². The van der Waals surface area contributed by atoms with E-state index in [4.69, 9.17) is 10.5 Å². The van der Waals surface area contributed by atoms with Gasteiger partial charge in [-0.05, 0) is 31.7 Å². The maximum atomic E-state index is 12.5. The van der Waals surface area contributed by atoms with Crippen LogP contribution in [0.1, 0.15) is 46.6 Å². The fourth-order valence-corrected chi connectivity index (χ4v) is 2.40. The van der Waals surface area contributed by atoms with Crippen molar-refractivity contribution < 1.29 is 13.9 Å². The summed E-state index contributed by atoms with van der Waals surface area (Å²) in [6, 6.07) is 9.50. The third-order valence-corrected chi connectivity index (χ3v) is 3.77. The maximum absolute atomic E-state index is 12.5. The highest BCUT2D eigenvalue weighted by Crippen LogP contribution is 2.21. The Morgan fingerprint density at radius 3 is 2.52 bits per heavy atom. The molecule has 0 aromatic heterocycles. The summed E-state index contributed by atoms with van der Waals surface area (Å²) in [7, 11) is 0. The minimum Gasteiger partial charge on any atom is -0.454 e. The lowest BCUT2D eigenvalue weighted by atomic mass is 9.95. The van der Waals surface area contributed by atoms with Crippen molar-refractivity contribution in [1.29, 1.82) is 0 Å². The number of hydrogen-bond acceptors (Lipinski definition) is 4. The zero-order valence-corrected chi connectivity index (χ0v) is 16.8. The first-order valence-corrected chi connectivity index (χ1v) is 9.20. The number of hydrogen-bond donors (Lipinski definition) is 1. The van der Waals surface area contributed by atoms with Crippen LogP contribution < -0.4 is 5.73 Å². The average molecular weight is 375 g/mol. The molecule has 2 atom stereocenters. The van der Waals surface area contributed by atoms with E-state index in [0.717, 1.165) is 11.3 Å². The van der Waals surface area contributed by atoms with Gasteiger partial charge in [0.2, 0.25) is 0 Å². The van der Waals surface area contributed by atoms with Crippen LogP contribution in [0.4, 0.5) is 4.39 Å². The second-order valence-corrected chi connectivity index (χ2v) is 6.67. The number of esters is 1. The monoisotopic (exact) mass is 375 g/mol. The summed E-state index contributed by atoms with van der Waals surface area (Å²) in [5.74, 6) is 0.195. The van der Waals surface area contributed by atoms with Crippen LogP contribution in [0.3, 0.4) is 0 Å². The number of carbonyl (C=O) groups excluding carboxylic acids is 1. The standard InChI is InChI=1S/C14H17NO2.C7H13FN2/c1-9(2)13-12(11-7-5-4-6-8-11)15-10(3)14(16)17-13;1-3-4-7(8)5-10-6(2)9/h4-10,13H,1-3H3;4H,3,5H2,1-2H3,(H2,9,10)/b;7-4+. The first kappa shape index (κ1) is 22.5. The smallest absolute Gasteiger partial charge is 0.331 e. The first-order valence-electron chi connectivity index (χ1n) is 9.20. The lowest BCUT2D eigenvalue weighted by molar-refractivity contribution is -0.149. The molecule has 0 fully saturated rings. The number of nitrogens with zero attached hydrogens (tertiary/aromatic N) is 2. The number of ether oxygens (including phenoxy) is 1. The molecule has 0 amide bonds. The Labute approximate surface area is 161 Å². The van der Waals surface area contributed by atoms with Gasteiger partial charge in [0.15, 0.2) is 0 Å². The Balaban J connectivity index is 0.000000314. The molecule has 0 saturated carbocycles. The van der Waals surface area contributed by atoms with Gasteiger partial charge >= 0.3 is 5.97 Å². The number of rotatable bonds is 5. The summed E-state index contributed by atoms with van der Waals surface area (Å²) < 4.78 is 17.9. The summed E-state index contributed by atoms with van der Waals surface area (Å²) >= 11 is 0. The molecule has 1 aromatic rings. The number of allylic oxidation sites excluding steroid dienone is 1. The summed E-state index contributed by atoms with van der Waals surface area (Å²) in [6.07, 6.45) is 1.96. The lowest BCUT2D eigenvalue weighted by Crippen LogP contribution is -2.41. The van der Waals surface area contributed by atoms with Gasteiger partial charge < -0.3 is 10.5 Å². The van der Waals surface area contributed by atoms with Crippen LogP contribution in [0.5, 0.6) is 0 Å². The summed E-state index contributed by atoms with van der Waals surface area (Å²) in [6.45, 7) is 9.43. The van der Waals surface area contributed by atoms with Crippen LogP contribution in [0.25, 0.3) is 0 Å². The second-order valence-electron chi connectivity index (χ2n) is 6.67. The maximum Gasteiger partial charge on any atom is 0.331 e. The van der Waals surface area contributed by atoms with Crippen molar-refractivity contribution in [3.8, 4) is 0 Å². The number of aliphatic imine (C=N–C) groups is 2. The molecule has 148 valence electrons. The van der Waals surface area contributed by atoms with E-state index in [9.17, 15) is 9.18 Å². The van der Waals surface area contributed by atoms with Gasteiger partial charge in [0.05, 0.1) is 18.1 Å². The molecule has 1 aliphatic heterocycles. The molecule has 0 bridgehead atoms. The Bertz CT molecular complexity index is 693. The molecule has 0 saturated heterocycles. The number of amidine groups is 1. The van der Waals surface area contributed by atoms with E-state index in [1.165, 1.54) is 6.08 Å². The van der Waals surface area contributed by atoms with Crippen molar-refractivity contribution in [3.63, 3.8) is 0 Å². The van der Waals surface area contributed by atoms with Crippen LogP contribution >= 0.6 is 0 Å². The number of benzene rings is 1. The molecule has 1 aliphatic rings. The molecule has 5 nitrogen and oxygen atoms in total. The molecular weight excluding hydrogens is 345 g/mol. The number of halogens is 1. The third-order valence-electron chi connectivity index (χ3n) is 3.77. The van der Waals surface area contributed by atoms with Crippen LogP contribution in [-0.4, -0.2) is 36.2 Å². The molecule has 2 rings (SSSR count). The van der Waals surface area contributed by atoms with E-state index in [1.807, 2.05) is 51.1 Å². The quantitative estimate of drug-likeness (QED) is 0.479. The Kier molecular flexibility index (Phi) is 9.40. The van der Waals surface area contributed by atoms with Crippen molar-refractivity contribution in [2.75, 3.05) is 6.54 Å². The molecule has 0 aliphatic carbocycles. The first-order chi connectivity index (χ1) is 12.8. The van der Waals surface area contributed by atoms with E-state index in [1.54, 1.807) is 13.8 Å². The number of nitrogens with two attached hydrogens (primary N) is 1. The van der Waals surface area contributed by atoms with Gasteiger partial charge in [-0.25, -0.2) is 9.18 Å². The minimum atomic E-state index is -0.403. The highest BCUT2D eigenvalue weighted by atomic mass is 19.1. The van der Waals surface area contributed by atoms with E-state index < -0.39 is 6.04 Å². The second kappa shape index (κ2) is 11.3. The predicted molar refractivity (Wildman–Crippen MR) is 109 cm³/mol. The Hall–Kier alpha value is -2.50. The molecule has 2 N–H and O–H groups in total. The van der Waals surface area contributed by atoms with Crippen molar-refractivity contribution >= 4 is 17.5 Å².